The largest absolute Gasteiger partial charge is 0.344 e. The van der Waals surface area contributed by atoms with Gasteiger partial charge in [-0.05, 0) is 44.4 Å². The van der Waals surface area contributed by atoms with Crippen LogP contribution in [0.3, 0.4) is 0 Å². The zero-order valence-corrected chi connectivity index (χ0v) is 16.8. The SMILES string of the molecule is O=C(N[C@@H](C(=O)N1CCCC1)C1CCCCC1)c1c[nH]c2ncc(C3CC3)nc12. The Morgan fingerprint density at radius 2 is 1.83 bits per heavy atom. The summed E-state index contributed by atoms with van der Waals surface area (Å²) in [6, 6.07) is -0.439. The van der Waals surface area contributed by atoms with E-state index in [1.807, 2.05) is 4.90 Å². The number of carbonyl (C=O) groups excluding carboxylic acids is 2. The van der Waals surface area contributed by atoms with E-state index in [4.69, 9.17) is 4.98 Å². The molecule has 0 radical (unpaired) electrons. The summed E-state index contributed by atoms with van der Waals surface area (Å²) < 4.78 is 0. The van der Waals surface area contributed by atoms with Crippen molar-refractivity contribution in [2.45, 2.75) is 69.7 Å². The zero-order chi connectivity index (χ0) is 19.8. The van der Waals surface area contributed by atoms with E-state index < -0.39 is 6.04 Å². The molecule has 5 rings (SSSR count). The van der Waals surface area contributed by atoms with Crippen molar-refractivity contribution < 1.29 is 9.59 Å². The van der Waals surface area contributed by atoms with E-state index in [0.29, 0.717) is 22.6 Å². The lowest BCUT2D eigenvalue weighted by Crippen LogP contribution is -2.52. The molecule has 1 aliphatic heterocycles. The Balaban J connectivity index is 1.40. The van der Waals surface area contributed by atoms with Gasteiger partial charge in [-0.25, -0.2) is 9.97 Å². The maximum absolute atomic E-state index is 13.2. The maximum Gasteiger partial charge on any atom is 0.255 e. The molecule has 0 unspecified atom stereocenters. The van der Waals surface area contributed by atoms with E-state index in [2.05, 4.69) is 15.3 Å². The van der Waals surface area contributed by atoms with Crippen molar-refractivity contribution in [1.82, 2.24) is 25.2 Å². The highest BCUT2D eigenvalue weighted by Gasteiger charge is 2.35. The minimum Gasteiger partial charge on any atom is -0.344 e. The van der Waals surface area contributed by atoms with Crippen molar-refractivity contribution >= 4 is 23.0 Å². The van der Waals surface area contributed by atoms with E-state index in [1.54, 1.807) is 12.4 Å². The highest BCUT2D eigenvalue weighted by molar-refractivity contribution is 6.06. The fraction of sp³-hybridized carbons (Fsp3) is 0.636. The average molecular weight is 396 g/mol. The minimum absolute atomic E-state index is 0.0901. The van der Waals surface area contributed by atoms with Crippen LogP contribution in [0.5, 0.6) is 0 Å². The number of aromatic amines is 1. The van der Waals surface area contributed by atoms with Gasteiger partial charge in [-0.15, -0.1) is 0 Å². The second-order valence-electron chi connectivity index (χ2n) is 8.85. The summed E-state index contributed by atoms with van der Waals surface area (Å²) in [4.78, 5) is 40.6. The van der Waals surface area contributed by atoms with Gasteiger partial charge >= 0.3 is 0 Å². The number of nitrogens with one attached hydrogen (secondary N) is 2. The molecule has 1 atom stereocenters. The van der Waals surface area contributed by atoms with Gasteiger partial charge in [-0.1, -0.05) is 19.3 Å². The molecule has 7 nitrogen and oxygen atoms in total. The molecule has 2 saturated carbocycles. The zero-order valence-electron chi connectivity index (χ0n) is 16.8. The first-order valence-corrected chi connectivity index (χ1v) is 11.1. The summed E-state index contributed by atoms with van der Waals surface area (Å²) in [5.74, 6) is 0.567. The summed E-state index contributed by atoms with van der Waals surface area (Å²) in [6.45, 7) is 1.61. The number of nitrogens with zero attached hydrogens (tertiary/aromatic N) is 3. The number of fused-ring (bicyclic) bond motifs is 1. The van der Waals surface area contributed by atoms with E-state index in [9.17, 15) is 9.59 Å². The molecule has 0 spiro atoms. The van der Waals surface area contributed by atoms with E-state index >= 15 is 0 Å². The minimum atomic E-state index is -0.439. The summed E-state index contributed by atoms with van der Waals surface area (Å²) in [7, 11) is 0. The van der Waals surface area contributed by atoms with Gasteiger partial charge in [0.2, 0.25) is 5.91 Å². The molecule has 1 saturated heterocycles. The third-order valence-corrected chi connectivity index (χ3v) is 6.73. The second-order valence-corrected chi connectivity index (χ2v) is 8.85. The van der Waals surface area contributed by atoms with E-state index in [1.165, 1.54) is 6.42 Å². The number of hydrogen-bond donors (Lipinski definition) is 2. The normalized spacial score (nSPS) is 21.4. The van der Waals surface area contributed by atoms with Crippen molar-refractivity contribution in [2.75, 3.05) is 13.1 Å². The summed E-state index contributed by atoms with van der Waals surface area (Å²) in [5, 5.41) is 3.10. The Morgan fingerprint density at radius 1 is 1.07 bits per heavy atom. The van der Waals surface area contributed by atoms with Gasteiger partial charge in [-0.3, -0.25) is 9.59 Å². The van der Waals surface area contributed by atoms with Crippen LogP contribution in [0.15, 0.2) is 12.4 Å². The van der Waals surface area contributed by atoms with Crippen molar-refractivity contribution in [3.05, 3.63) is 23.7 Å². The van der Waals surface area contributed by atoms with Crippen LogP contribution < -0.4 is 5.32 Å². The van der Waals surface area contributed by atoms with Crippen LogP contribution in [-0.2, 0) is 4.79 Å². The molecule has 3 aliphatic rings. The average Bonchev–Trinajstić information content (AvgIpc) is 3.29. The van der Waals surface area contributed by atoms with Gasteiger partial charge in [-0.2, -0.15) is 0 Å². The lowest BCUT2D eigenvalue weighted by atomic mass is 9.83. The number of amides is 2. The molecule has 7 heteroatoms. The Morgan fingerprint density at radius 3 is 2.55 bits per heavy atom. The highest BCUT2D eigenvalue weighted by atomic mass is 16.2. The molecule has 2 aliphatic carbocycles. The van der Waals surface area contributed by atoms with Gasteiger partial charge in [0.1, 0.15) is 11.6 Å². The molecule has 2 aromatic rings. The molecule has 2 aromatic heterocycles. The first kappa shape index (κ1) is 18.6. The molecular weight excluding hydrogens is 366 g/mol. The summed E-state index contributed by atoms with van der Waals surface area (Å²) in [5.41, 5.74) is 2.69. The predicted molar refractivity (Wildman–Crippen MR) is 110 cm³/mol. The van der Waals surface area contributed by atoms with Crippen LogP contribution in [0, 0.1) is 5.92 Å². The summed E-state index contributed by atoms with van der Waals surface area (Å²) in [6.07, 6.45) is 13.4. The van der Waals surface area contributed by atoms with Gasteiger partial charge < -0.3 is 15.2 Å². The molecule has 2 N–H and O–H groups in total. The second kappa shape index (κ2) is 7.76. The molecule has 29 heavy (non-hydrogen) atoms. The Labute approximate surface area is 170 Å². The number of aromatic nitrogens is 3. The lowest BCUT2D eigenvalue weighted by Gasteiger charge is -2.32. The van der Waals surface area contributed by atoms with Crippen LogP contribution in [0.4, 0.5) is 0 Å². The maximum atomic E-state index is 13.2. The third-order valence-electron chi connectivity index (χ3n) is 6.73. The molecule has 0 bridgehead atoms. The fourth-order valence-corrected chi connectivity index (χ4v) is 4.86. The van der Waals surface area contributed by atoms with Crippen LogP contribution >= 0.6 is 0 Å². The highest BCUT2D eigenvalue weighted by Crippen LogP contribution is 2.39. The van der Waals surface area contributed by atoms with Crippen molar-refractivity contribution in [3.8, 4) is 0 Å². The molecule has 3 heterocycles. The first-order chi connectivity index (χ1) is 14.2. The number of rotatable bonds is 5. The topological polar surface area (TPSA) is 91.0 Å². The van der Waals surface area contributed by atoms with E-state index in [-0.39, 0.29) is 17.7 Å². The Hall–Kier alpha value is -2.44. The quantitative estimate of drug-likeness (QED) is 0.814. The fourth-order valence-electron chi connectivity index (χ4n) is 4.86. The first-order valence-electron chi connectivity index (χ1n) is 11.1. The van der Waals surface area contributed by atoms with Gasteiger partial charge in [0.05, 0.1) is 17.5 Å². The molecule has 2 amide bonds. The Kier molecular flexibility index (Phi) is 4.97. The number of likely N-dealkylation sites (tertiary alicyclic amines) is 1. The van der Waals surface area contributed by atoms with Gasteiger partial charge in [0.15, 0.2) is 5.65 Å². The number of hydrogen-bond acceptors (Lipinski definition) is 4. The number of carbonyl (C=O) groups is 2. The summed E-state index contributed by atoms with van der Waals surface area (Å²) >= 11 is 0. The molecule has 154 valence electrons. The van der Waals surface area contributed by atoms with Crippen LogP contribution in [0.25, 0.3) is 11.2 Å². The van der Waals surface area contributed by atoms with Crippen LogP contribution in [0.2, 0.25) is 0 Å². The Bertz CT molecular complexity index is 907. The molecule has 3 fully saturated rings. The van der Waals surface area contributed by atoms with Crippen LogP contribution in [-0.4, -0.2) is 50.8 Å². The van der Waals surface area contributed by atoms with Crippen LogP contribution in [0.1, 0.15) is 79.8 Å². The molecule has 0 aromatic carbocycles. The van der Waals surface area contributed by atoms with E-state index in [0.717, 1.165) is 70.2 Å². The molecular formula is C22H29N5O2. The predicted octanol–water partition coefficient (Wildman–Crippen LogP) is 3.14. The van der Waals surface area contributed by atoms with Gasteiger partial charge in [0, 0.05) is 25.2 Å². The standard InChI is InChI=1S/C22H29N5O2/c28-21(16-12-23-20-19(16)25-17(13-24-20)14-8-9-14)26-18(15-6-2-1-3-7-15)22(29)27-10-4-5-11-27/h12-15,18H,1-11H2,(H,23,24)(H,26,28)/t18-/m1/s1. The smallest absolute Gasteiger partial charge is 0.255 e. The van der Waals surface area contributed by atoms with Crippen molar-refractivity contribution in [2.24, 2.45) is 5.92 Å². The van der Waals surface area contributed by atoms with Crippen molar-refractivity contribution in [3.63, 3.8) is 0 Å². The monoisotopic (exact) mass is 395 g/mol. The number of H-pyrrole nitrogens is 1. The van der Waals surface area contributed by atoms with Gasteiger partial charge in [0.25, 0.3) is 5.91 Å². The lowest BCUT2D eigenvalue weighted by molar-refractivity contribution is -0.133. The van der Waals surface area contributed by atoms with Crippen molar-refractivity contribution in [1.29, 1.82) is 0 Å². The third kappa shape index (κ3) is 3.74.